The van der Waals surface area contributed by atoms with Crippen LogP contribution in [0.15, 0.2) is 34.2 Å². The SMILES string of the molecule is CC(C)[C@H](N=C1NS(=O)(=O)c2ccccc21)C(=O)O. The van der Waals surface area contributed by atoms with Crippen molar-refractivity contribution in [3.63, 3.8) is 0 Å². The topological polar surface area (TPSA) is 95.8 Å². The maximum absolute atomic E-state index is 11.8. The molecule has 1 atom stereocenters. The van der Waals surface area contributed by atoms with E-state index in [0.29, 0.717) is 5.56 Å². The number of fused-ring (bicyclic) bond motifs is 1. The number of sulfonamides is 1. The van der Waals surface area contributed by atoms with Crippen molar-refractivity contribution in [2.75, 3.05) is 0 Å². The van der Waals surface area contributed by atoms with Gasteiger partial charge in [0.25, 0.3) is 10.0 Å². The molecule has 0 radical (unpaired) electrons. The third-order valence-electron chi connectivity index (χ3n) is 2.82. The molecule has 0 bridgehead atoms. The van der Waals surface area contributed by atoms with Crippen molar-refractivity contribution in [1.82, 2.24) is 4.72 Å². The first-order valence-corrected chi connectivity index (χ1v) is 7.24. The highest BCUT2D eigenvalue weighted by atomic mass is 32.2. The van der Waals surface area contributed by atoms with Gasteiger partial charge < -0.3 is 5.11 Å². The average molecular weight is 282 g/mol. The average Bonchev–Trinajstić information content (AvgIpc) is 2.58. The second-order valence-corrected chi connectivity index (χ2v) is 6.26. The number of carboxylic acids is 1. The van der Waals surface area contributed by atoms with E-state index in [-0.39, 0.29) is 16.6 Å². The van der Waals surface area contributed by atoms with Gasteiger partial charge in [-0.3, -0.25) is 9.71 Å². The Balaban J connectivity index is 2.52. The molecule has 2 N–H and O–H groups in total. The predicted molar refractivity (Wildman–Crippen MR) is 69.6 cm³/mol. The zero-order valence-corrected chi connectivity index (χ0v) is 11.3. The Morgan fingerprint density at radius 1 is 1.32 bits per heavy atom. The zero-order chi connectivity index (χ0) is 14.2. The van der Waals surface area contributed by atoms with Gasteiger partial charge in [0, 0.05) is 5.56 Å². The summed E-state index contributed by atoms with van der Waals surface area (Å²) in [4.78, 5) is 15.3. The van der Waals surface area contributed by atoms with Crippen molar-refractivity contribution >= 4 is 21.8 Å². The lowest BCUT2D eigenvalue weighted by Crippen LogP contribution is -2.30. The third kappa shape index (κ3) is 2.46. The Kier molecular flexibility index (Phi) is 3.32. The molecular formula is C12H14N2O4S. The van der Waals surface area contributed by atoms with Crippen LogP contribution in [0.5, 0.6) is 0 Å². The monoisotopic (exact) mass is 282 g/mol. The van der Waals surface area contributed by atoms with Crippen molar-refractivity contribution in [3.8, 4) is 0 Å². The minimum Gasteiger partial charge on any atom is -0.480 e. The van der Waals surface area contributed by atoms with Crippen LogP contribution in [0.25, 0.3) is 0 Å². The van der Waals surface area contributed by atoms with Crippen LogP contribution in [0.1, 0.15) is 19.4 Å². The second kappa shape index (κ2) is 4.65. The number of hydrogen-bond acceptors (Lipinski definition) is 4. The number of carbonyl (C=O) groups is 1. The normalized spacial score (nSPS) is 20.1. The summed E-state index contributed by atoms with van der Waals surface area (Å²) in [6, 6.07) is 5.38. The molecule has 102 valence electrons. The van der Waals surface area contributed by atoms with E-state index in [9.17, 15) is 13.2 Å². The molecule has 0 spiro atoms. The minimum absolute atomic E-state index is 0.0942. The summed E-state index contributed by atoms with van der Waals surface area (Å²) in [5, 5.41) is 9.10. The summed E-state index contributed by atoms with van der Waals surface area (Å²) in [5.74, 6) is -1.22. The fourth-order valence-electron chi connectivity index (χ4n) is 1.86. The number of amidine groups is 1. The van der Waals surface area contributed by atoms with E-state index in [1.807, 2.05) is 0 Å². The van der Waals surface area contributed by atoms with Gasteiger partial charge in [-0.2, -0.15) is 0 Å². The number of hydrogen-bond donors (Lipinski definition) is 2. The van der Waals surface area contributed by atoms with Crippen LogP contribution < -0.4 is 4.72 Å². The molecule has 0 amide bonds. The first-order valence-electron chi connectivity index (χ1n) is 5.76. The van der Waals surface area contributed by atoms with E-state index in [1.54, 1.807) is 32.0 Å². The summed E-state index contributed by atoms with van der Waals surface area (Å²) in [6.45, 7) is 3.44. The fraction of sp³-hybridized carbons (Fsp3) is 0.333. The Labute approximate surface area is 111 Å². The van der Waals surface area contributed by atoms with E-state index in [0.717, 1.165) is 0 Å². The summed E-state index contributed by atoms with van der Waals surface area (Å²) >= 11 is 0. The van der Waals surface area contributed by atoms with Crippen molar-refractivity contribution in [2.24, 2.45) is 10.9 Å². The quantitative estimate of drug-likeness (QED) is 0.858. The number of carboxylic acid groups (broad SMARTS) is 1. The molecule has 6 nitrogen and oxygen atoms in total. The number of nitrogens with one attached hydrogen (secondary N) is 1. The van der Waals surface area contributed by atoms with E-state index in [2.05, 4.69) is 9.71 Å². The van der Waals surface area contributed by atoms with E-state index >= 15 is 0 Å². The highest BCUT2D eigenvalue weighted by Crippen LogP contribution is 2.23. The molecule has 0 fully saturated rings. The molecule has 0 saturated heterocycles. The number of aliphatic imine (C=N–C) groups is 1. The van der Waals surface area contributed by atoms with E-state index in [4.69, 9.17) is 5.11 Å². The molecule has 7 heteroatoms. The summed E-state index contributed by atoms with van der Waals surface area (Å²) < 4.78 is 26.0. The van der Waals surface area contributed by atoms with Gasteiger partial charge in [-0.1, -0.05) is 26.0 Å². The van der Waals surface area contributed by atoms with Crippen LogP contribution in [-0.4, -0.2) is 31.4 Å². The van der Waals surface area contributed by atoms with Crippen molar-refractivity contribution in [1.29, 1.82) is 0 Å². The lowest BCUT2D eigenvalue weighted by Gasteiger charge is -2.12. The molecule has 0 unspecified atom stereocenters. The van der Waals surface area contributed by atoms with Gasteiger partial charge in [-0.05, 0) is 18.1 Å². The Bertz CT molecular complexity index is 649. The number of nitrogens with zero attached hydrogens (tertiary/aromatic N) is 1. The molecule has 1 aliphatic rings. The Morgan fingerprint density at radius 2 is 1.95 bits per heavy atom. The van der Waals surface area contributed by atoms with Gasteiger partial charge in [-0.15, -0.1) is 0 Å². The lowest BCUT2D eigenvalue weighted by atomic mass is 10.1. The Morgan fingerprint density at radius 3 is 2.53 bits per heavy atom. The van der Waals surface area contributed by atoms with Crippen LogP contribution in [0.4, 0.5) is 0 Å². The summed E-state index contributed by atoms with van der Waals surface area (Å²) in [5.41, 5.74) is 0.411. The third-order valence-corrected chi connectivity index (χ3v) is 4.21. The Hall–Kier alpha value is -1.89. The van der Waals surface area contributed by atoms with Gasteiger partial charge in [0.05, 0.1) is 4.90 Å². The number of benzene rings is 1. The minimum atomic E-state index is -3.63. The zero-order valence-electron chi connectivity index (χ0n) is 10.5. The lowest BCUT2D eigenvalue weighted by molar-refractivity contribution is -0.139. The molecule has 0 aliphatic carbocycles. The van der Waals surface area contributed by atoms with Crippen LogP contribution in [0, 0.1) is 5.92 Å². The predicted octanol–water partition coefficient (Wildman–Crippen LogP) is 0.834. The van der Waals surface area contributed by atoms with Crippen LogP contribution in [0.2, 0.25) is 0 Å². The van der Waals surface area contributed by atoms with Gasteiger partial charge in [0.15, 0.2) is 6.04 Å². The molecule has 1 aromatic rings. The molecule has 1 heterocycles. The summed E-state index contributed by atoms with van der Waals surface area (Å²) in [6.07, 6.45) is 0. The number of rotatable bonds is 3. The molecule has 0 aromatic heterocycles. The highest BCUT2D eigenvalue weighted by molar-refractivity contribution is 7.90. The van der Waals surface area contributed by atoms with Crippen molar-refractivity contribution in [3.05, 3.63) is 29.8 Å². The fourth-order valence-corrected chi connectivity index (χ4v) is 3.10. The second-order valence-electron chi connectivity index (χ2n) is 4.61. The van der Waals surface area contributed by atoms with Crippen LogP contribution in [0.3, 0.4) is 0 Å². The molecule has 1 aromatic carbocycles. The maximum Gasteiger partial charge on any atom is 0.328 e. The molecule has 1 aliphatic heterocycles. The van der Waals surface area contributed by atoms with Gasteiger partial charge in [0.1, 0.15) is 5.84 Å². The van der Waals surface area contributed by atoms with E-state index in [1.165, 1.54) is 6.07 Å². The van der Waals surface area contributed by atoms with Crippen LogP contribution in [-0.2, 0) is 14.8 Å². The standard InChI is InChI=1S/C12H14N2O4S/c1-7(2)10(12(15)16)13-11-8-5-3-4-6-9(8)19(17,18)14-11/h3-7,10H,1-2H3,(H,13,14)(H,15,16)/t10-/m0/s1. The first-order chi connectivity index (χ1) is 8.83. The molecule has 0 saturated carbocycles. The molecule has 19 heavy (non-hydrogen) atoms. The van der Waals surface area contributed by atoms with Gasteiger partial charge in [0.2, 0.25) is 0 Å². The number of aliphatic carboxylic acids is 1. The van der Waals surface area contributed by atoms with Crippen molar-refractivity contribution < 1.29 is 18.3 Å². The first kappa shape index (κ1) is 13.5. The smallest absolute Gasteiger partial charge is 0.328 e. The van der Waals surface area contributed by atoms with Gasteiger partial charge in [-0.25, -0.2) is 13.2 Å². The van der Waals surface area contributed by atoms with Crippen LogP contribution >= 0.6 is 0 Å². The molecular weight excluding hydrogens is 268 g/mol. The molecule has 2 rings (SSSR count). The van der Waals surface area contributed by atoms with Crippen molar-refractivity contribution in [2.45, 2.75) is 24.8 Å². The maximum atomic E-state index is 11.8. The summed E-state index contributed by atoms with van der Waals surface area (Å²) in [7, 11) is -3.63. The largest absolute Gasteiger partial charge is 0.480 e. The van der Waals surface area contributed by atoms with E-state index < -0.39 is 22.0 Å². The highest BCUT2D eigenvalue weighted by Gasteiger charge is 2.32. The van der Waals surface area contributed by atoms with Gasteiger partial charge >= 0.3 is 5.97 Å².